The highest BCUT2D eigenvalue weighted by atomic mass is 79.9. The normalized spacial score (nSPS) is 12.4. The Morgan fingerprint density at radius 2 is 2.10 bits per heavy atom. The van der Waals surface area contributed by atoms with Crippen LogP contribution >= 0.6 is 27.3 Å². The molecular formula is C16H22BrN3S. The van der Waals surface area contributed by atoms with Crippen LogP contribution in [0.4, 0.5) is 5.13 Å². The maximum Gasteiger partial charge on any atom is 0.185 e. The number of anilines is 1. The minimum atomic E-state index is 0.359. The summed E-state index contributed by atoms with van der Waals surface area (Å²) in [5.41, 5.74) is 2.40. The predicted molar refractivity (Wildman–Crippen MR) is 95.2 cm³/mol. The number of benzene rings is 1. The highest BCUT2D eigenvalue weighted by Crippen LogP contribution is 2.31. The number of hydrogen-bond donors (Lipinski definition) is 1. The Bertz CT molecular complexity index is 597. The largest absolute Gasteiger partial charge is 0.347 e. The summed E-state index contributed by atoms with van der Waals surface area (Å²) < 4.78 is 1.14. The van der Waals surface area contributed by atoms with Crippen LogP contribution in [0, 0.1) is 6.92 Å². The van der Waals surface area contributed by atoms with E-state index in [2.05, 4.69) is 72.2 Å². The molecule has 0 fully saturated rings. The van der Waals surface area contributed by atoms with Gasteiger partial charge in [0, 0.05) is 29.0 Å². The van der Waals surface area contributed by atoms with Gasteiger partial charge in [0.15, 0.2) is 5.13 Å². The Hall–Kier alpha value is -0.910. The minimum absolute atomic E-state index is 0.359. The number of aromatic nitrogens is 1. The van der Waals surface area contributed by atoms with Gasteiger partial charge in [-0.2, -0.15) is 0 Å². The van der Waals surface area contributed by atoms with Crippen LogP contribution in [0.3, 0.4) is 0 Å². The second kappa shape index (κ2) is 7.38. The minimum Gasteiger partial charge on any atom is -0.347 e. The number of nitrogens with zero attached hydrogens (tertiary/aromatic N) is 2. The van der Waals surface area contributed by atoms with Gasteiger partial charge in [-0.05, 0) is 32.0 Å². The molecule has 21 heavy (non-hydrogen) atoms. The van der Waals surface area contributed by atoms with Crippen molar-refractivity contribution in [2.75, 3.05) is 18.5 Å². The maximum atomic E-state index is 4.73. The lowest BCUT2D eigenvalue weighted by Gasteiger charge is -2.16. The average molecular weight is 368 g/mol. The van der Waals surface area contributed by atoms with Gasteiger partial charge in [0.25, 0.3) is 0 Å². The quantitative estimate of drug-likeness (QED) is 0.813. The van der Waals surface area contributed by atoms with Crippen LogP contribution in [0.2, 0.25) is 0 Å². The van der Waals surface area contributed by atoms with E-state index in [-0.39, 0.29) is 0 Å². The average Bonchev–Trinajstić information content (AvgIpc) is 2.84. The molecule has 1 aromatic carbocycles. The van der Waals surface area contributed by atoms with Gasteiger partial charge in [-0.25, -0.2) is 4.98 Å². The molecule has 1 atom stereocenters. The lowest BCUT2D eigenvalue weighted by molar-refractivity contribution is 0.603. The van der Waals surface area contributed by atoms with E-state index >= 15 is 0 Å². The van der Waals surface area contributed by atoms with E-state index in [9.17, 15) is 0 Å². The Kier molecular flexibility index (Phi) is 5.79. The third-order valence-electron chi connectivity index (χ3n) is 3.42. The predicted octanol–water partition coefficient (Wildman–Crippen LogP) is 4.52. The lowest BCUT2D eigenvalue weighted by atomic mass is 10.2. The molecular weight excluding hydrogens is 346 g/mol. The van der Waals surface area contributed by atoms with Gasteiger partial charge in [-0.15, -0.1) is 11.3 Å². The Balaban J connectivity index is 2.15. The summed E-state index contributed by atoms with van der Waals surface area (Å²) in [6.07, 6.45) is 0. The summed E-state index contributed by atoms with van der Waals surface area (Å²) in [5.74, 6) is 0. The molecule has 1 N–H and O–H groups in total. The topological polar surface area (TPSA) is 28.2 Å². The molecule has 0 aliphatic rings. The van der Waals surface area contributed by atoms with E-state index in [1.165, 1.54) is 10.4 Å². The van der Waals surface area contributed by atoms with Crippen molar-refractivity contribution >= 4 is 32.4 Å². The van der Waals surface area contributed by atoms with Crippen molar-refractivity contribution in [1.82, 2.24) is 10.3 Å². The van der Waals surface area contributed by atoms with E-state index in [1.807, 2.05) is 6.07 Å². The Labute approximate surface area is 139 Å². The van der Waals surface area contributed by atoms with Gasteiger partial charge in [-0.1, -0.05) is 41.1 Å². The third kappa shape index (κ3) is 4.05. The van der Waals surface area contributed by atoms with Gasteiger partial charge in [0.2, 0.25) is 0 Å². The molecule has 114 valence electrons. The smallest absolute Gasteiger partial charge is 0.185 e. The van der Waals surface area contributed by atoms with E-state index in [0.717, 1.165) is 28.4 Å². The zero-order valence-electron chi connectivity index (χ0n) is 13.0. The van der Waals surface area contributed by atoms with Crippen LogP contribution in [0.25, 0.3) is 0 Å². The molecule has 1 aromatic heterocycles. The molecule has 3 nitrogen and oxygen atoms in total. The molecule has 0 amide bonds. The number of rotatable bonds is 6. The molecule has 0 saturated carbocycles. The maximum absolute atomic E-state index is 4.73. The van der Waals surface area contributed by atoms with Crippen LogP contribution in [-0.2, 0) is 6.54 Å². The van der Waals surface area contributed by atoms with Crippen LogP contribution < -0.4 is 10.2 Å². The zero-order chi connectivity index (χ0) is 15.4. The number of nitrogens with one attached hydrogen (secondary N) is 1. The van der Waals surface area contributed by atoms with Crippen molar-refractivity contribution in [2.24, 2.45) is 0 Å². The van der Waals surface area contributed by atoms with Crippen LogP contribution in [0.15, 0.2) is 28.7 Å². The standard InChI is InChI=1S/C16H22BrN3S/c1-5-18-11(2)15-12(3)19-16(21-15)20(4)10-13-8-6-7-9-14(13)17/h6-9,11,18H,5,10H2,1-4H3. The van der Waals surface area contributed by atoms with Crippen molar-refractivity contribution in [1.29, 1.82) is 0 Å². The molecule has 2 aromatic rings. The van der Waals surface area contributed by atoms with Gasteiger partial charge in [-0.3, -0.25) is 0 Å². The van der Waals surface area contributed by atoms with Gasteiger partial charge < -0.3 is 10.2 Å². The lowest BCUT2D eigenvalue weighted by Crippen LogP contribution is -2.17. The summed E-state index contributed by atoms with van der Waals surface area (Å²) in [5, 5.41) is 4.53. The Morgan fingerprint density at radius 3 is 2.76 bits per heavy atom. The van der Waals surface area contributed by atoms with Crippen LogP contribution in [-0.4, -0.2) is 18.6 Å². The summed E-state index contributed by atoms with van der Waals surface area (Å²) in [4.78, 5) is 8.26. The SMILES string of the molecule is CCNC(C)c1sc(N(C)Cc2ccccc2Br)nc1C. The van der Waals surface area contributed by atoms with E-state index in [1.54, 1.807) is 11.3 Å². The molecule has 0 aliphatic carbocycles. The number of thiazole rings is 1. The highest BCUT2D eigenvalue weighted by molar-refractivity contribution is 9.10. The molecule has 0 saturated heterocycles. The molecule has 0 bridgehead atoms. The molecule has 5 heteroatoms. The molecule has 1 heterocycles. The Morgan fingerprint density at radius 1 is 1.38 bits per heavy atom. The molecule has 1 unspecified atom stereocenters. The summed E-state index contributed by atoms with van der Waals surface area (Å²) in [7, 11) is 2.10. The first kappa shape index (κ1) is 16.5. The van der Waals surface area contributed by atoms with Crippen LogP contribution in [0.5, 0.6) is 0 Å². The van der Waals surface area contributed by atoms with Gasteiger partial charge >= 0.3 is 0 Å². The fourth-order valence-electron chi connectivity index (χ4n) is 2.31. The number of halogens is 1. The summed E-state index contributed by atoms with van der Waals surface area (Å²) >= 11 is 5.38. The third-order valence-corrected chi connectivity index (χ3v) is 5.64. The van der Waals surface area contributed by atoms with Crippen molar-refractivity contribution in [2.45, 2.75) is 33.4 Å². The fraction of sp³-hybridized carbons (Fsp3) is 0.438. The van der Waals surface area contributed by atoms with Crippen molar-refractivity contribution in [3.63, 3.8) is 0 Å². The highest BCUT2D eigenvalue weighted by Gasteiger charge is 2.16. The summed E-state index contributed by atoms with van der Waals surface area (Å²) in [6, 6.07) is 8.69. The number of aryl methyl sites for hydroxylation is 1. The zero-order valence-corrected chi connectivity index (χ0v) is 15.4. The monoisotopic (exact) mass is 367 g/mol. The number of hydrogen-bond acceptors (Lipinski definition) is 4. The molecule has 0 spiro atoms. The first-order chi connectivity index (χ1) is 10.0. The first-order valence-electron chi connectivity index (χ1n) is 7.18. The van der Waals surface area contributed by atoms with Gasteiger partial charge in [0.1, 0.15) is 0 Å². The van der Waals surface area contributed by atoms with E-state index in [0.29, 0.717) is 6.04 Å². The molecule has 2 rings (SSSR count). The molecule has 0 aliphatic heterocycles. The van der Waals surface area contributed by atoms with E-state index in [4.69, 9.17) is 4.98 Å². The summed E-state index contributed by atoms with van der Waals surface area (Å²) in [6.45, 7) is 8.24. The van der Waals surface area contributed by atoms with Crippen molar-refractivity contribution in [3.8, 4) is 0 Å². The first-order valence-corrected chi connectivity index (χ1v) is 8.79. The molecule has 0 radical (unpaired) electrons. The fourth-order valence-corrected chi connectivity index (χ4v) is 3.77. The second-order valence-electron chi connectivity index (χ2n) is 5.17. The van der Waals surface area contributed by atoms with E-state index < -0.39 is 0 Å². The van der Waals surface area contributed by atoms with Gasteiger partial charge in [0.05, 0.1) is 5.69 Å². The van der Waals surface area contributed by atoms with Crippen molar-refractivity contribution < 1.29 is 0 Å². The van der Waals surface area contributed by atoms with Crippen molar-refractivity contribution in [3.05, 3.63) is 44.9 Å². The second-order valence-corrected chi connectivity index (χ2v) is 7.04. The van der Waals surface area contributed by atoms with Crippen LogP contribution in [0.1, 0.15) is 36.0 Å².